The van der Waals surface area contributed by atoms with E-state index in [-0.39, 0.29) is 12.4 Å². The van der Waals surface area contributed by atoms with Crippen LogP contribution >= 0.6 is 0 Å². The molecule has 0 aliphatic rings. The minimum atomic E-state index is -0.0726. The van der Waals surface area contributed by atoms with Gasteiger partial charge in [0, 0.05) is 19.3 Å². The third-order valence-corrected chi connectivity index (χ3v) is 2.97. The molecule has 2 rings (SSSR count). The molecular formula is C15H18N4O. The third-order valence-electron chi connectivity index (χ3n) is 2.97. The Balaban J connectivity index is 2.31. The van der Waals surface area contributed by atoms with Crippen molar-refractivity contribution in [2.75, 3.05) is 18.1 Å². The molecule has 0 aliphatic heterocycles. The van der Waals surface area contributed by atoms with Crippen molar-refractivity contribution in [1.29, 1.82) is 5.41 Å². The Morgan fingerprint density at radius 1 is 1.20 bits per heavy atom. The summed E-state index contributed by atoms with van der Waals surface area (Å²) in [6.45, 7) is 1.12. The van der Waals surface area contributed by atoms with Crippen LogP contribution in [0.3, 0.4) is 0 Å². The topological polar surface area (TPSA) is 86.2 Å². The molecule has 0 amide bonds. The smallest absolute Gasteiger partial charge is 0.143 e. The Labute approximate surface area is 118 Å². The van der Waals surface area contributed by atoms with Crippen LogP contribution in [0.25, 0.3) is 0 Å². The highest BCUT2D eigenvalue weighted by Gasteiger charge is 2.14. The molecule has 1 aromatic heterocycles. The molecule has 4 N–H and O–H groups in total. The second-order valence-electron chi connectivity index (χ2n) is 4.42. The number of anilines is 1. The Kier molecular flexibility index (Phi) is 4.68. The largest absolute Gasteiger partial charge is 0.395 e. The van der Waals surface area contributed by atoms with Gasteiger partial charge in [-0.2, -0.15) is 0 Å². The molecule has 0 bridgehead atoms. The maximum Gasteiger partial charge on any atom is 0.143 e. The van der Waals surface area contributed by atoms with Crippen LogP contribution < -0.4 is 10.6 Å². The number of nitrogen functional groups attached to an aromatic ring is 1. The summed E-state index contributed by atoms with van der Waals surface area (Å²) in [6.07, 6.45) is 1.61. The number of nitrogens with two attached hydrogens (primary N) is 1. The van der Waals surface area contributed by atoms with Crippen molar-refractivity contribution >= 4 is 11.5 Å². The quantitative estimate of drug-likeness (QED) is 0.546. The molecule has 0 aliphatic carbocycles. The van der Waals surface area contributed by atoms with Gasteiger partial charge in [-0.25, -0.2) is 0 Å². The van der Waals surface area contributed by atoms with Crippen molar-refractivity contribution in [1.82, 2.24) is 4.98 Å². The van der Waals surface area contributed by atoms with Crippen LogP contribution in [-0.2, 0) is 6.54 Å². The van der Waals surface area contributed by atoms with E-state index >= 15 is 0 Å². The van der Waals surface area contributed by atoms with Gasteiger partial charge in [0.1, 0.15) is 11.5 Å². The monoisotopic (exact) mass is 270 g/mol. The van der Waals surface area contributed by atoms with Crippen LogP contribution in [0.15, 0.2) is 48.7 Å². The van der Waals surface area contributed by atoms with Gasteiger partial charge in [0.2, 0.25) is 0 Å². The van der Waals surface area contributed by atoms with Crippen LogP contribution in [-0.4, -0.2) is 29.1 Å². The number of pyridine rings is 1. The first kappa shape index (κ1) is 14.0. The average Bonchev–Trinajstić information content (AvgIpc) is 2.48. The first-order chi connectivity index (χ1) is 9.72. The zero-order valence-electron chi connectivity index (χ0n) is 11.2. The van der Waals surface area contributed by atoms with Crippen molar-refractivity contribution < 1.29 is 5.11 Å². The Hall–Kier alpha value is -2.40. The van der Waals surface area contributed by atoms with Gasteiger partial charge in [0.25, 0.3) is 0 Å². The van der Waals surface area contributed by atoms with Crippen molar-refractivity contribution in [3.8, 4) is 0 Å². The van der Waals surface area contributed by atoms with Gasteiger partial charge >= 0.3 is 0 Å². The number of amidine groups is 1. The summed E-state index contributed by atoms with van der Waals surface area (Å²) in [5.74, 6) is -0.0726. The van der Waals surface area contributed by atoms with E-state index < -0.39 is 0 Å². The first-order valence-corrected chi connectivity index (χ1v) is 6.41. The second-order valence-corrected chi connectivity index (χ2v) is 4.42. The molecule has 0 saturated heterocycles. The van der Waals surface area contributed by atoms with E-state index in [1.54, 1.807) is 12.3 Å². The number of nitrogens with zero attached hydrogens (tertiary/aromatic N) is 2. The number of benzene rings is 1. The van der Waals surface area contributed by atoms with Crippen molar-refractivity contribution in [2.24, 2.45) is 5.73 Å². The van der Waals surface area contributed by atoms with E-state index in [2.05, 4.69) is 4.98 Å². The number of hydrogen-bond donors (Lipinski definition) is 3. The fourth-order valence-corrected chi connectivity index (χ4v) is 2.07. The van der Waals surface area contributed by atoms with E-state index in [4.69, 9.17) is 11.1 Å². The molecule has 0 radical (unpaired) electrons. The molecule has 5 nitrogen and oxygen atoms in total. The van der Waals surface area contributed by atoms with Crippen molar-refractivity contribution in [3.05, 3.63) is 59.9 Å². The molecule has 2 aromatic rings. The van der Waals surface area contributed by atoms with Gasteiger partial charge in [0.05, 0.1) is 12.3 Å². The Bertz CT molecular complexity index is 571. The number of aliphatic hydroxyl groups is 1. The molecule has 0 saturated carbocycles. The molecule has 1 heterocycles. The van der Waals surface area contributed by atoms with Crippen molar-refractivity contribution in [2.45, 2.75) is 6.54 Å². The molecule has 0 atom stereocenters. The highest BCUT2D eigenvalue weighted by Crippen LogP contribution is 2.20. The van der Waals surface area contributed by atoms with Gasteiger partial charge in [-0.15, -0.1) is 0 Å². The number of nitrogens with one attached hydrogen (secondary N) is 1. The fourth-order valence-electron chi connectivity index (χ4n) is 2.07. The molecule has 0 spiro atoms. The zero-order valence-corrected chi connectivity index (χ0v) is 11.2. The van der Waals surface area contributed by atoms with Gasteiger partial charge in [-0.3, -0.25) is 10.4 Å². The normalized spacial score (nSPS) is 10.2. The summed E-state index contributed by atoms with van der Waals surface area (Å²) in [4.78, 5) is 6.12. The van der Waals surface area contributed by atoms with Crippen LogP contribution in [0.1, 0.15) is 11.3 Å². The standard InChI is InChI=1S/C15H18N4O/c16-15(17)14-13(7-4-8-18-14)19(9-10-20)11-12-5-2-1-3-6-12/h1-8,20H,9-11H2,(H3,16,17). The number of aromatic nitrogens is 1. The molecule has 20 heavy (non-hydrogen) atoms. The maximum atomic E-state index is 9.26. The van der Waals surface area contributed by atoms with Gasteiger partial charge in [0.15, 0.2) is 0 Å². The van der Waals surface area contributed by atoms with Gasteiger partial charge in [-0.1, -0.05) is 30.3 Å². The van der Waals surface area contributed by atoms with E-state index in [1.165, 1.54) is 0 Å². The van der Waals surface area contributed by atoms with E-state index in [0.29, 0.717) is 18.8 Å². The second kappa shape index (κ2) is 6.68. The molecule has 1 aromatic carbocycles. The molecule has 0 fully saturated rings. The predicted octanol–water partition coefficient (Wildman–Crippen LogP) is 1.36. The summed E-state index contributed by atoms with van der Waals surface area (Å²) in [7, 11) is 0. The Morgan fingerprint density at radius 2 is 1.95 bits per heavy atom. The SMILES string of the molecule is N=C(N)c1ncccc1N(CCO)Cc1ccccc1. The van der Waals surface area contributed by atoms with Crippen LogP contribution in [0.5, 0.6) is 0 Å². The Morgan fingerprint density at radius 3 is 2.60 bits per heavy atom. The molecule has 5 heteroatoms. The number of hydrogen-bond acceptors (Lipinski definition) is 4. The minimum absolute atomic E-state index is 0.0269. The fraction of sp³-hybridized carbons (Fsp3) is 0.200. The molecule has 0 unspecified atom stereocenters. The summed E-state index contributed by atoms with van der Waals surface area (Å²) in [6, 6.07) is 13.6. The van der Waals surface area contributed by atoms with E-state index in [0.717, 1.165) is 11.3 Å². The predicted molar refractivity (Wildman–Crippen MR) is 79.8 cm³/mol. The zero-order chi connectivity index (χ0) is 14.4. The third kappa shape index (κ3) is 3.33. The highest BCUT2D eigenvalue weighted by atomic mass is 16.3. The summed E-state index contributed by atoms with van der Waals surface area (Å²) >= 11 is 0. The van der Waals surface area contributed by atoms with Gasteiger partial charge < -0.3 is 15.7 Å². The lowest BCUT2D eigenvalue weighted by atomic mass is 10.2. The van der Waals surface area contributed by atoms with Crippen LogP contribution in [0.4, 0.5) is 5.69 Å². The van der Waals surface area contributed by atoms with Crippen LogP contribution in [0.2, 0.25) is 0 Å². The minimum Gasteiger partial charge on any atom is -0.395 e. The van der Waals surface area contributed by atoms with Crippen LogP contribution in [0, 0.1) is 5.41 Å². The number of aliphatic hydroxyl groups excluding tert-OH is 1. The summed E-state index contributed by atoms with van der Waals surface area (Å²) in [5.41, 5.74) is 7.90. The maximum absolute atomic E-state index is 9.26. The molecule has 104 valence electrons. The van der Waals surface area contributed by atoms with E-state index in [9.17, 15) is 5.11 Å². The lowest BCUT2D eigenvalue weighted by molar-refractivity contribution is 0.301. The lowest BCUT2D eigenvalue weighted by Crippen LogP contribution is -2.29. The van der Waals surface area contributed by atoms with Gasteiger partial charge in [-0.05, 0) is 17.7 Å². The molecular weight excluding hydrogens is 252 g/mol. The summed E-state index contributed by atoms with van der Waals surface area (Å²) < 4.78 is 0. The average molecular weight is 270 g/mol. The lowest BCUT2D eigenvalue weighted by Gasteiger charge is -2.25. The summed E-state index contributed by atoms with van der Waals surface area (Å²) in [5, 5.41) is 16.9. The van der Waals surface area contributed by atoms with E-state index in [1.807, 2.05) is 41.3 Å². The number of rotatable bonds is 6. The first-order valence-electron chi connectivity index (χ1n) is 6.41. The highest BCUT2D eigenvalue weighted by molar-refractivity contribution is 5.98. The van der Waals surface area contributed by atoms with Crippen molar-refractivity contribution in [3.63, 3.8) is 0 Å².